The third kappa shape index (κ3) is 5.66. The Hall–Kier alpha value is -2.61. The molecule has 0 aromatic heterocycles. The van der Waals surface area contributed by atoms with Gasteiger partial charge in [0.05, 0.1) is 7.11 Å². The maximum atomic E-state index is 12.7. The first-order valence-corrected chi connectivity index (χ1v) is 12.3. The Kier molecular flexibility index (Phi) is 7.85. The molecule has 1 aromatic carbocycles. The summed E-state index contributed by atoms with van der Waals surface area (Å²) in [4.78, 5) is 41.4. The van der Waals surface area contributed by atoms with Crippen molar-refractivity contribution >= 4 is 17.8 Å². The summed E-state index contributed by atoms with van der Waals surface area (Å²) in [7, 11) is 1.60. The number of hydrogen-bond donors (Lipinski definition) is 2. The molecule has 0 unspecified atom stereocenters. The van der Waals surface area contributed by atoms with E-state index in [1.54, 1.807) is 7.11 Å². The van der Waals surface area contributed by atoms with E-state index in [1.807, 2.05) is 24.3 Å². The highest BCUT2D eigenvalue weighted by Crippen LogP contribution is 2.30. The summed E-state index contributed by atoms with van der Waals surface area (Å²) in [5.41, 5.74) is 0.947. The zero-order valence-corrected chi connectivity index (χ0v) is 19.6. The van der Waals surface area contributed by atoms with Crippen molar-refractivity contribution in [1.29, 1.82) is 0 Å². The molecule has 0 bridgehead atoms. The second-order valence-electron chi connectivity index (χ2n) is 9.40. The molecule has 2 N–H and O–H groups in total. The number of piperidine rings is 2. The van der Waals surface area contributed by atoms with Crippen molar-refractivity contribution in [1.82, 2.24) is 20.4 Å². The summed E-state index contributed by atoms with van der Waals surface area (Å²) in [6.45, 7) is 3.36. The molecule has 3 heterocycles. The Bertz CT molecular complexity index is 859. The summed E-state index contributed by atoms with van der Waals surface area (Å²) < 4.78 is 5.35. The SMILES string of the molecule is COc1ccccc1CCN1C(=O)N[C@@H](CCC(=O)NC[C@H]2CCCN3CCCC[C@H]23)C1=O. The van der Waals surface area contributed by atoms with Crippen molar-refractivity contribution in [2.45, 2.75) is 63.5 Å². The monoisotopic (exact) mass is 456 g/mol. The predicted octanol–water partition coefficient (Wildman–Crippen LogP) is 2.32. The van der Waals surface area contributed by atoms with Crippen LogP contribution in [-0.2, 0) is 16.0 Å². The van der Waals surface area contributed by atoms with Crippen molar-refractivity contribution in [2.75, 3.05) is 33.3 Å². The minimum atomic E-state index is -0.635. The number of para-hydroxylation sites is 1. The quantitative estimate of drug-likeness (QED) is 0.557. The van der Waals surface area contributed by atoms with E-state index >= 15 is 0 Å². The van der Waals surface area contributed by atoms with Gasteiger partial charge in [-0.25, -0.2) is 4.79 Å². The van der Waals surface area contributed by atoms with Crippen LogP contribution in [0.3, 0.4) is 0 Å². The average molecular weight is 457 g/mol. The van der Waals surface area contributed by atoms with Crippen LogP contribution in [0.4, 0.5) is 4.79 Å². The first-order valence-electron chi connectivity index (χ1n) is 12.3. The molecule has 3 aliphatic heterocycles. The van der Waals surface area contributed by atoms with Crippen molar-refractivity contribution in [3.05, 3.63) is 29.8 Å². The van der Waals surface area contributed by atoms with Gasteiger partial charge in [-0.3, -0.25) is 14.5 Å². The lowest BCUT2D eigenvalue weighted by molar-refractivity contribution is -0.127. The molecule has 8 nitrogen and oxygen atoms in total. The smallest absolute Gasteiger partial charge is 0.324 e. The summed E-state index contributed by atoms with van der Waals surface area (Å²) in [5, 5.41) is 5.83. The minimum Gasteiger partial charge on any atom is -0.496 e. The number of nitrogens with zero attached hydrogens (tertiary/aromatic N) is 2. The maximum Gasteiger partial charge on any atom is 0.324 e. The number of hydrogen-bond acceptors (Lipinski definition) is 5. The van der Waals surface area contributed by atoms with E-state index in [9.17, 15) is 14.4 Å². The van der Waals surface area contributed by atoms with Crippen LogP contribution in [0.1, 0.15) is 50.5 Å². The highest BCUT2D eigenvalue weighted by Gasteiger charge is 2.38. The van der Waals surface area contributed by atoms with Crippen LogP contribution >= 0.6 is 0 Å². The number of nitrogens with one attached hydrogen (secondary N) is 2. The Morgan fingerprint density at radius 2 is 1.97 bits per heavy atom. The van der Waals surface area contributed by atoms with E-state index in [-0.39, 0.29) is 30.8 Å². The molecule has 0 aliphatic carbocycles. The van der Waals surface area contributed by atoms with Crippen molar-refractivity contribution < 1.29 is 19.1 Å². The second kappa shape index (κ2) is 11.0. The third-order valence-corrected chi connectivity index (χ3v) is 7.35. The lowest BCUT2D eigenvalue weighted by Crippen LogP contribution is -2.51. The Balaban J connectivity index is 1.21. The van der Waals surface area contributed by atoms with Gasteiger partial charge in [-0.05, 0) is 69.2 Å². The fraction of sp³-hybridized carbons (Fsp3) is 0.640. The summed E-state index contributed by atoms with van der Waals surface area (Å²) in [6.07, 6.45) is 7.24. The van der Waals surface area contributed by atoms with Gasteiger partial charge < -0.3 is 20.3 Å². The summed E-state index contributed by atoms with van der Waals surface area (Å²) >= 11 is 0. The number of benzene rings is 1. The lowest BCUT2D eigenvalue weighted by Gasteiger charge is -2.44. The molecule has 1 aromatic rings. The Labute approximate surface area is 196 Å². The highest BCUT2D eigenvalue weighted by molar-refractivity contribution is 6.04. The van der Waals surface area contributed by atoms with Gasteiger partial charge in [0.15, 0.2) is 0 Å². The molecule has 3 fully saturated rings. The maximum absolute atomic E-state index is 12.7. The molecule has 3 atom stereocenters. The molecule has 3 saturated heterocycles. The fourth-order valence-electron chi connectivity index (χ4n) is 5.55. The number of carbonyl (C=O) groups excluding carboxylic acids is 3. The Morgan fingerprint density at radius 3 is 2.82 bits per heavy atom. The van der Waals surface area contributed by atoms with E-state index in [4.69, 9.17) is 4.74 Å². The molecule has 0 spiro atoms. The molecule has 4 amide bonds. The zero-order valence-electron chi connectivity index (χ0n) is 19.6. The van der Waals surface area contributed by atoms with E-state index in [0.29, 0.717) is 31.3 Å². The number of carbonyl (C=O) groups is 3. The number of imide groups is 1. The normalized spacial score (nSPS) is 25.5. The standard InChI is InChI=1S/C25H36N4O4/c1-33-22-10-3-2-7-18(22)13-16-29-24(31)20(27-25(29)32)11-12-23(30)26-17-19-8-6-15-28-14-5-4-9-21(19)28/h2-3,7,10,19-21H,4-6,8-9,11-17H2,1H3,(H,26,30)(H,27,32)/t19-,20+,21-/m1/s1. The summed E-state index contributed by atoms with van der Waals surface area (Å²) in [5.74, 6) is 0.957. The lowest BCUT2D eigenvalue weighted by atomic mass is 9.83. The molecule has 33 heavy (non-hydrogen) atoms. The number of rotatable bonds is 9. The number of methoxy groups -OCH3 is 1. The number of ether oxygens (including phenoxy) is 1. The van der Waals surface area contributed by atoms with Crippen LogP contribution in [-0.4, -0.2) is 73.0 Å². The zero-order chi connectivity index (χ0) is 23.2. The average Bonchev–Trinajstić information content (AvgIpc) is 3.12. The molecular weight excluding hydrogens is 420 g/mol. The minimum absolute atomic E-state index is 0.0440. The van der Waals surface area contributed by atoms with E-state index in [1.165, 1.54) is 50.1 Å². The van der Waals surface area contributed by atoms with Crippen LogP contribution < -0.4 is 15.4 Å². The van der Waals surface area contributed by atoms with Gasteiger partial charge in [0.2, 0.25) is 5.91 Å². The van der Waals surface area contributed by atoms with Gasteiger partial charge in [0.25, 0.3) is 5.91 Å². The van der Waals surface area contributed by atoms with E-state index in [2.05, 4.69) is 15.5 Å². The van der Waals surface area contributed by atoms with Gasteiger partial charge in [-0.15, -0.1) is 0 Å². The molecule has 3 aliphatic rings. The van der Waals surface area contributed by atoms with E-state index in [0.717, 1.165) is 11.3 Å². The molecule has 180 valence electrons. The number of fused-ring (bicyclic) bond motifs is 1. The first kappa shape index (κ1) is 23.5. The molecule has 8 heteroatoms. The van der Waals surface area contributed by atoms with Gasteiger partial charge in [0, 0.05) is 25.6 Å². The van der Waals surface area contributed by atoms with Crippen molar-refractivity contribution in [3.63, 3.8) is 0 Å². The fourth-order valence-corrected chi connectivity index (χ4v) is 5.55. The van der Waals surface area contributed by atoms with Crippen LogP contribution in [0, 0.1) is 5.92 Å². The molecule has 4 rings (SSSR count). The predicted molar refractivity (Wildman–Crippen MR) is 125 cm³/mol. The van der Waals surface area contributed by atoms with Crippen molar-refractivity contribution in [3.8, 4) is 5.75 Å². The number of amides is 4. The molecular formula is C25H36N4O4. The van der Waals surface area contributed by atoms with Gasteiger partial charge in [0.1, 0.15) is 11.8 Å². The second-order valence-corrected chi connectivity index (χ2v) is 9.40. The van der Waals surface area contributed by atoms with Crippen LogP contribution in [0.2, 0.25) is 0 Å². The number of urea groups is 1. The highest BCUT2D eigenvalue weighted by atomic mass is 16.5. The van der Waals surface area contributed by atoms with Gasteiger partial charge in [-0.2, -0.15) is 0 Å². The van der Waals surface area contributed by atoms with Gasteiger partial charge >= 0.3 is 6.03 Å². The first-order chi connectivity index (χ1) is 16.1. The van der Waals surface area contributed by atoms with Crippen molar-refractivity contribution in [2.24, 2.45) is 5.92 Å². The van der Waals surface area contributed by atoms with Gasteiger partial charge in [-0.1, -0.05) is 24.6 Å². The largest absolute Gasteiger partial charge is 0.496 e. The summed E-state index contributed by atoms with van der Waals surface area (Å²) in [6, 6.07) is 7.16. The third-order valence-electron chi connectivity index (χ3n) is 7.35. The topological polar surface area (TPSA) is 91.0 Å². The molecule has 0 saturated carbocycles. The van der Waals surface area contributed by atoms with Crippen LogP contribution in [0.15, 0.2) is 24.3 Å². The van der Waals surface area contributed by atoms with Crippen LogP contribution in [0.25, 0.3) is 0 Å². The molecule has 0 radical (unpaired) electrons. The van der Waals surface area contributed by atoms with Crippen LogP contribution in [0.5, 0.6) is 5.75 Å². The van der Waals surface area contributed by atoms with E-state index < -0.39 is 6.04 Å². The Morgan fingerprint density at radius 1 is 1.15 bits per heavy atom.